The molecule has 1 rings (SSSR count). The number of carboxylic acid groups (broad SMARTS) is 1. The van der Waals surface area contributed by atoms with Crippen molar-refractivity contribution in [1.82, 2.24) is 10.0 Å². The third-order valence-corrected chi connectivity index (χ3v) is 4.43. The predicted octanol–water partition coefficient (Wildman–Crippen LogP) is -0.624. The minimum Gasteiger partial charge on any atom is -0.548 e. The van der Waals surface area contributed by atoms with E-state index in [1.165, 1.54) is 19.1 Å². The maximum atomic E-state index is 12.2. The van der Waals surface area contributed by atoms with Gasteiger partial charge in [-0.3, -0.25) is 4.79 Å². The summed E-state index contributed by atoms with van der Waals surface area (Å²) in [6.45, 7) is 4.84. The van der Waals surface area contributed by atoms with Crippen molar-refractivity contribution in [2.24, 2.45) is 5.92 Å². The summed E-state index contributed by atoms with van der Waals surface area (Å²) < 4.78 is 26.4. The van der Waals surface area contributed by atoms with Crippen LogP contribution in [0.2, 0.25) is 0 Å². The second-order valence-corrected chi connectivity index (χ2v) is 6.93. The molecule has 1 aromatic carbocycles. The molecule has 22 heavy (non-hydrogen) atoms. The third-order valence-electron chi connectivity index (χ3n) is 2.98. The molecule has 8 heteroatoms. The lowest BCUT2D eigenvalue weighted by molar-refractivity contribution is -0.309. The van der Waals surface area contributed by atoms with Crippen LogP contribution in [0, 0.1) is 5.92 Å². The fourth-order valence-electron chi connectivity index (χ4n) is 1.70. The minimum absolute atomic E-state index is 0.0500. The van der Waals surface area contributed by atoms with Gasteiger partial charge in [0.1, 0.15) is 0 Å². The molecule has 0 saturated heterocycles. The van der Waals surface area contributed by atoms with Gasteiger partial charge in [-0.2, -0.15) is 0 Å². The molecule has 1 amide bonds. The van der Waals surface area contributed by atoms with Gasteiger partial charge in [0.25, 0.3) is 0 Å². The van der Waals surface area contributed by atoms with Crippen LogP contribution in [0.25, 0.3) is 0 Å². The average molecular weight is 327 g/mol. The number of carbonyl (C=O) groups is 2. The highest BCUT2D eigenvalue weighted by atomic mass is 32.2. The van der Waals surface area contributed by atoms with Crippen molar-refractivity contribution in [3.05, 3.63) is 29.8 Å². The molecule has 0 aromatic heterocycles. The Kier molecular flexibility index (Phi) is 6.07. The van der Waals surface area contributed by atoms with E-state index in [1.807, 2.05) is 0 Å². The van der Waals surface area contributed by atoms with Gasteiger partial charge in [0.15, 0.2) is 0 Å². The molecule has 1 atom stereocenters. The molecule has 0 aliphatic carbocycles. The fourth-order valence-corrected chi connectivity index (χ4v) is 3.04. The molecule has 122 valence electrons. The zero-order valence-corrected chi connectivity index (χ0v) is 13.4. The first-order chi connectivity index (χ1) is 10.1. The molecule has 0 fully saturated rings. The van der Waals surface area contributed by atoms with Crippen molar-refractivity contribution in [1.29, 1.82) is 0 Å². The van der Waals surface area contributed by atoms with Gasteiger partial charge in [-0.25, -0.2) is 13.1 Å². The Morgan fingerprint density at radius 1 is 1.18 bits per heavy atom. The maximum Gasteiger partial charge on any atom is 0.241 e. The van der Waals surface area contributed by atoms with Gasteiger partial charge >= 0.3 is 0 Å². The van der Waals surface area contributed by atoms with E-state index < -0.39 is 28.0 Å². The van der Waals surface area contributed by atoms with Crippen LogP contribution in [0.3, 0.4) is 0 Å². The number of aliphatic carboxylic acids is 1. The number of hydrogen-bond donors (Lipinski definition) is 2. The number of benzene rings is 1. The van der Waals surface area contributed by atoms with Crippen molar-refractivity contribution >= 4 is 21.9 Å². The van der Waals surface area contributed by atoms with Crippen molar-refractivity contribution in [2.45, 2.75) is 38.3 Å². The summed E-state index contributed by atoms with van der Waals surface area (Å²) in [5, 5.41) is 13.6. The van der Waals surface area contributed by atoms with Crippen LogP contribution in [-0.2, 0) is 26.2 Å². The first-order valence-electron chi connectivity index (χ1n) is 6.70. The maximum absolute atomic E-state index is 12.2. The smallest absolute Gasteiger partial charge is 0.241 e. The molecule has 0 bridgehead atoms. The van der Waals surface area contributed by atoms with E-state index in [9.17, 15) is 23.1 Å². The van der Waals surface area contributed by atoms with E-state index >= 15 is 0 Å². The predicted molar refractivity (Wildman–Crippen MR) is 77.9 cm³/mol. The van der Waals surface area contributed by atoms with Crippen LogP contribution in [0.4, 0.5) is 0 Å². The van der Waals surface area contributed by atoms with E-state index in [0.717, 1.165) is 5.56 Å². The summed E-state index contributed by atoms with van der Waals surface area (Å²) in [6, 6.07) is 4.50. The molecular weight excluding hydrogens is 308 g/mol. The highest BCUT2D eigenvalue weighted by molar-refractivity contribution is 7.89. The molecule has 0 saturated carbocycles. The number of hydrogen-bond acceptors (Lipinski definition) is 5. The van der Waals surface area contributed by atoms with Crippen LogP contribution in [0.5, 0.6) is 0 Å². The molecule has 2 N–H and O–H groups in total. The van der Waals surface area contributed by atoms with Gasteiger partial charge in [-0.15, -0.1) is 0 Å². The molecule has 0 spiro atoms. The summed E-state index contributed by atoms with van der Waals surface area (Å²) in [5.74, 6) is -2.10. The van der Waals surface area contributed by atoms with Gasteiger partial charge in [-0.05, 0) is 23.6 Å². The zero-order chi connectivity index (χ0) is 16.9. The highest BCUT2D eigenvalue weighted by Gasteiger charge is 2.23. The van der Waals surface area contributed by atoms with Crippen molar-refractivity contribution < 1.29 is 23.1 Å². The Hall–Kier alpha value is -1.93. The Bertz CT molecular complexity index is 638. The van der Waals surface area contributed by atoms with E-state index in [-0.39, 0.29) is 17.3 Å². The van der Waals surface area contributed by atoms with Crippen LogP contribution >= 0.6 is 0 Å². The summed E-state index contributed by atoms with van der Waals surface area (Å²) in [5.41, 5.74) is 0.731. The number of carbonyl (C=O) groups excluding carboxylic acids is 2. The quantitative estimate of drug-likeness (QED) is 0.692. The highest BCUT2D eigenvalue weighted by Crippen LogP contribution is 2.13. The molecule has 0 unspecified atom stereocenters. The van der Waals surface area contributed by atoms with Gasteiger partial charge in [0, 0.05) is 13.5 Å². The van der Waals surface area contributed by atoms with E-state index in [1.54, 1.807) is 26.0 Å². The normalized spacial score (nSPS) is 12.9. The number of rotatable bonds is 7. The van der Waals surface area contributed by atoms with Gasteiger partial charge < -0.3 is 15.2 Å². The van der Waals surface area contributed by atoms with Crippen LogP contribution < -0.4 is 15.1 Å². The van der Waals surface area contributed by atoms with Gasteiger partial charge in [0.05, 0.1) is 16.9 Å². The summed E-state index contributed by atoms with van der Waals surface area (Å²) >= 11 is 0. The van der Waals surface area contributed by atoms with Crippen molar-refractivity contribution in [2.75, 3.05) is 0 Å². The topological polar surface area (TPSA) is 115 Å². The Labute approximate surface area is 129 Å². The Morgan fingerprint density at radius 3 is 2.14 bits per heavy atom. The number of carboxylic acids is 1. The van der Waals surface area contributed by atoms with Crippen LogP contribution in [0.15, 0.2) is 29.2 Å². The summed E-state index contributed by atoms with van der Waals surface area (Å²) in [4.78, 5) is 21.7. The number of sulfonamides is 1. The lowest BCUT2D eigenvalue weighted by Gasteiger charge is -2.23. The van der Waals surface area contributed by atoms with E-state index in [0.29, 0.717) is 0 Å². The summed E-state index contributed by atoms with van der Waals surface area (Å²) in [7, 11) is -3.96. The molecule has 1 aromatic rings. The molecule has 0 radical (unpaired) electrons. The fraction of sp³-hybridized carbons (Fsp3) is 0.429. The zero-order valence-electron chi connectivity index (χ0n) is 12.6. The molecule has 0 aliphatic heterocycles. The first-order valence-corrected chi connectivity index (χ1v) is 8.18. The number of amides is 1. The SMILES string of the molecule is CC(=O)NCc1ccc(S(=O)(=O)N[C@H](C(=O)[O-])C(C)C)cc1. The van der Waals surface area contributed by atoms with Gasteiger partial charge in [0.2, 0.25) is 15.9 Å². The van der Waals surface area contributed by atoms with E-state index in [4.69, 9.17) is 0 Å². The standard InChI is InChI=1S/C14H20N2O5S/c1-9(2)13(14(18)19)16-22(20,21)12-6-4-11(5-7-12)8-15-10(3)17/h4-7,9,13,16H,8H2,1-3H3,(H,15,17)(H,18,19)/p-1/t13-/m0/s1. The average Bonchev–Trinajstić information content (AvgIpc) is 2.42. The lowest BCUT2D eigenvalue weighted by Crippen LogP contribution is -2.50. The van der Waals surface area contributed by atoms with E-state index in [2.05, 4.69) is 10.0 Å². The molecule has 0 heterocycles. The van der Waals surface area contributed by atoms with Crippen molar-refractivity contribution in [3.63, 3.8) is 0 Å². The minimum atomic E-state index is -3.96. The van der Waals surface area contributed by atoms with Crippen molar-refractivity contribution in [3.8, 4) is 0 Å². The van der Waals surface area contributed by atoms with Crippen LogP contribution in [-0.4, -0.2) is 26.3 Å². The molecular formula is C14H19N2O5S-. The molecule has 7 nitrogen and oxygen atoms in total. The Balaban J connectivity index is 2.89. The first kappa shape index (κ1) is 18.1. The largest absolute Gasteiger partial charge is 0.548 e. The summed E-state index contributed by atoms with van der Waals surface area (Å²) in [6.07, 6.45) is 0. The second kappa shape index (κ2) is 7.37. The lowest BCUT2D eigenvalue weighted by atomic mass is 10.1. The third kappa shape index (κ3) is 5.12. The monoisotopic (exact) mass is 327 g/mol. The number of nitrogens with one attached hydrogen (secondary N) is 2. The van der Waals surface area contributed by atoms with Crippen LogP contribution in [0.1, 0.15) is 26.3 Å². The Morgan fingerprint density at radius 2 is 1.73 bits per heavy atom. The van der Waals surface area contributed by atoms with Gasteiger partial charge in [-0.1, -0.05) is 26.0 Å². The molecule has 0 aliphatic rings. The second-order valence-electron chi connectivity index (χ2n) is 5.22.